The van der Waals surface area contributed by atoms with E-state index in [9.17, 15) is 4.79 Å². The number of carbonyl (C=O) groups excluding carboxylic acids is 1. The van der Waals surface area contributed by atoms with Crippen LogP contribution in [0.3, 0.4) is 0 Å². The van der Waals surface area contributed by atoms with E-state index in [0.29, 0.717) is 18.7 Å². The lowest BCUT2D eigenvalue weighted by Crippen LogP contribution is -2.53. The molecule has 2 saturated heterocycles. The first-order chi connectivity index (χ1) is 11.5. The van der Waals surface area contributed by atoms with Crippen molar-refractivity contribution in [3.63, 3.8) is 0 Å². The average Bonchev–Trinajstić information content (AvgIpc) is 3.09. The van der Waals surface area contributed by atoms with Crippen molar-refractivity contribution in [1.29, 1.82) is 0 Å². The van der Waals surface area contributed by atoms with Crippen molar-refractivity contribution in [2.24, 2.45) is 11.1 Å². The summed E-state index contributed by atoms with van der Waals surface area (Å²) in [5.74, 6) is 0.851. The SMILES string of the molecule is CC1(C)CN(C(=O)c2ccc(OCC3CCCO3)cc2)CCC1N.Cl. The molecule has 0 aliphatic carbocycles. The molecule has 2 aliphatic heterocycles. The summed E-state index contributed by atoms with van der Waals surface area (Å²) in [7, 11) is 0. The van der Waals surface area contributed by atoms with Crippen molar-refractivity contribution >= 4 is 18.3 Å². The molecular formula is C19H29ClN2O3. The average molecular weight is 369 g/mol. The first-order valence-electron chi connectivity index (χ1n) is 8.85. The molecule has 2 unspecified atom stereocenters. The molecular weight excluding hydrogens is 340 g/mol. The van der Waals surface area contributed by atoms with Gasteiger partial charge >= 0.3 is 0 Å². The van der Waals surface area contributed by atoms with Gasteiger partial charge in [0.05, 0.1) is 6.10 Å². The topological polar surface area (TPSA) is 64.8 Å². The third-order valence-electron chi connectivity index (χ3n) is 5.16. The number of carbonyl (C=O) groups is 1. The molecule has 25 heavy (non-hydrogen) atoms. The lowest BCUT2D eigenvalue weighted by molar-refractivity contribution is 0.0532. The molecule has 3 rings (SSSR count). The number of halogens is 1. The van der Waals surface area contributed by atoms with Crippen LogP contribution in [-0.4, -0.2) is 49.3 Å². The van der Waals surface area contributed by atoms with Gasteiger partial charge in [0, 0.05) is 31.3 Å². The van der Waals surface area contributed by atoms with Crippen LogP contribution in [0.5, 0.6) is 5.75 Å². The normalized spacial score (nSPS) is 25.3. The molecule has 1 amide bonds. The number of hydrogen-bond donors (Lipinski definition) is 1. The molecule has 5 nitrogen and oxygen atoms in total. The highest BCUT2D eigenvalue weighted by atomic mass is 35.5. The van der Waals surface area contributed by atoms with Crippen molar-refractivity contribution in [2.45, 2.75) is 45.3 Å². The third kappa shape index (κ3) is 4.87. The second-order valence-electron chi connectivity index (χ2n) is 7.58. The van der Waals surface area contributed by atoms with E-state index in [4.69, 9.17) is 15.2 Å². The highest BCUT2D eigenvalue weighted by molar-refractivity contribution is 5.94. The van der Waals surface area contributed by atoms with E-state index in [1.54, 1.807) is 0 Å². The lowest BCUT2D eigenvalue weighted by Gasteiger charge is -2.42. The number of nitrogens with two attached hydrogens (primary N) is 1. The lowest BCUT2D eigenvalue weighted by atomic mass is 9.79. The van der Waals surface area contributed by atoms with Gasteiger partial charge in [0.1, 0.15) is 12.4 Å². The molecule has 1 aromatic rings. The largest absolute Gasteiger partial charge is 0.491 e. The van der Waals surface area contributed by atoms with Gasteiger partial charge in [-0.3, -0.25) is 4.79 Å². The molecule has 0 saturated carbocycles. The van der Waals surface area contributed by atoms with Crippen molar-refractivity contribution < 1.29 is 14.3 Å². The first kappa shape index (κ1) is 20.0. The van der Waals surface area contributed by atoms with Crippen LogP contribution in [0.1, 0.15) is 43.5 Å². The second-order valence-corrected chi connectivity index (χ2v) is 7.58. The van der Waals surface area contributed by atoms with Crippen LogP contribution in [0.2, 0.25) is 0 Å². The molecule has 0 bridgehead atoms. The monoisotopic (exact) mass is 368 g/mol. The molecule has 2 atom stereocenters. The summed E-state index contributed by atoms with van der Waals surface area (Å²) < 4.78 is 11.3. The molecule has 2 N–H and O–H groups in total. The van der Waals surface area contributed by atoms with E-state index in [2.05, 4.69) is 13.8 Å². The minimum Gasteiger partial charge on any atom is -0.491 e. The van der Waals surface area contributed by atoms with Gasteiger partial charge in [0.15, 0.2) is 0 Å². The van der Waals surface area contributed by atoms with Crippen LogP contribution in [0, 0.1) is 5.41 Å². The Labute approximate surface area is 156 Å². The van der Waals surface area contributed by atoms with Gasteiger partial charge in [-0.25, -0.2) is 0 Å². The van der Waals surface area contributed by atoms with E-state index in [-0.39, 0.29) is 35.9 Å². The Hall–Kier alpha value is -1.30. The standard InChI is InChI=1S/C19H28N2O3.ClH/c1-19(2)13-21(10-9-17(19)20)18(22)14-5-7-15(8-6-14)24-12-16-4-3-11-23-16;/h5-8,16-17H,3-4,9-13,20H2,1-2H3;1H. The van der Waals surface area contributed by atoms with Crippen LogP contribution in [0.4, 0.5) is 0 Å². The molecule has 2 heterocycles. The van der Waals surface area contributed by atoms with Gasteiger partial charge in [-0.15, -0.1) is 12.4 Å². The molecule has 140 valence electrons. The zero-order valence-corrected chi connectivity index (χ0v) is 15.9. The van der Waals surface area contributed by atoms with Crippen LogP contribution in [0.15, 0.2) is 24.3 Å². The van der Waals surface area contributed by atoms with Crippen LogP contribution >= 0.6 is 12.4 Å². The molecule has 0 aromatic heterocycles. The Balaban J connectivity index is 0.00000225. The molecule has 0 radical (unpaired) electrons. The maximum absolute atomic E-state index is 12.7. The summed E-state index contributed by atoms with van der Waals surface area (Å²) in [5.41, 5.74) is 6.81. The van der Waals surface area contributed by atoms with Crippen molar-refractivity contribution in [1.82, 2.24) is 4.90 Å². The molecule has 6 heteroatoms. The zero-order valence-electron chi connectivity index (χ0n) is 15.1. The van der Waals surface area contributed by atoms with E-state index < -0.39 is 0 Å². The number of nitrogens with zero attached hydrogens (tertiary/aromatic N) is 1. The van der Waals surface area contributed by atoms with Gasteiger partial charge in [0.25, 0.3) is 5.91 Å². The summed E-state index contributed by atoms with van der Waals surface area (Å²) in [6.07, 6.45) is 3.22. The number of ether oxygens (including phenoxy) is 2. The summed E-state index contributed by atoms with van der Waals surface area (Å²) >= 11 is 0. The van der Waals surface area contributed by atoms with Crippen molar-refractivity contribution in [2.75, 3.05) is 26.3 Å². The molecule has 0 spiro atoms. The summed E-state index contributed by atoms with van der Waals surface area (Å²) in [5, 5.41) is 0. The van der Waals surface area contributed by atoms with Gasteiger partial charge in [-0.2, -0.15) is 0 Å². The number of hydrogen-bond acceptors (Lipinski definition) is 4. The summed E-state index contributed by atoms with van der Waals surface area (Å²) in [6, 6.07) is 7.56. The van der Waals surface area contributed by atoms with Gasteiger partial charge in [-0.05, 0) is 48.9 Å². The second kappa shape index (κ2) is 8.39. The number of likely N-dealkylation sites (tertiary alicyclic amines) is 1. The fourth-order valence-electron chi connectivity index (χ4n) is 3.39. The van der Waals surface area contributed by atoms with Gasteiger partial charge in [0.2, 0.25) is 0 Å². The highest BCUT2D eigenvalue weighted by Gasteiger charge is 2.35. The Morgan fingerprint density at radius 2 is 2.04 bits per heavy atom. The van der Waals surface area contributed by atoms with E-state index in [1.165, 1.54) is 0 Å². The predicted molar refractivity (Wildman–Crippen MR) is 100 cm³/mol. The van der Waals surface area contributed by atoms with Gasteiger partial charge in [-0.1, -0.05) is 13.8 Å². The van der Waals surface area contributed by atoms with E-state index >= 15 is 0 Å². The fraction of sp³-hybridized carbons (Fsp3) is 0.632. The minimum atomic E-state index is -0.0434. The molecule has 2 aliphatic rings. The smallest absolute Gasteiger partial charge is 0.253 e. The number of benzene rings is 1. The Kier molecular flexibility index (Phi) is 6.72. The van der Waals surface area contributed by atoms with E-state index in [0.717, 1.165) is 38.2 Å². The Morgan fingerprint density at radius 1 is 1.32 bits per heavy atom. The van der Waals surface area contributed by atoms with Crippen LogP contribution in [0.25, 0.3) is 0 Å². The summed E-state index contributed by atoms with van der Waals surface area (Å²) in [4.78, 5) is 14.6. The van der Waals surface area contributed by atoms with Crippen LogP contribution < -0.4 is 10.5 Å². The first-order valence-corrected chi connectivity index (χ1v) is 8.85. The maximum atomic E-state index is 12.7. The van der Waals surface area contributed by atoms with Crippen molar-refractivity contribution in [3.05, 3.63) is 29.8 Å². The molecule has 2 fully saturated rings. The Bertz CT molecular complexity index is 571. The Morgan fingerprint density at radius 3 is 2.64 bits per heavy atom. The number of piperidine rings is 1. The minimum absolute atomic E-state index is 0. The fourth-order valence-corrected chi connectivity index (χ4v) is 3.39. The predicted octanol–water partition coefficient (Wildman–Crippen LogP) is 2.87. The summed E-state index contributed by atoms with van der Waals surface area (Å²) in [6.45, 7) is 7.08. The maximum Gasteiger partial charge on any atom is 0.253 e. The third-order valence-corrected chi connectivity index (χ3v) is 5.16. The number of amides is 1. The molecule has 1 aromatic carbocycles. The van der Waals surface area contributed by atoms with Gasteiger partial charge < -0.3 is 20.1 Å². The highest BCUT2D eigenvalue weighted by Crippen LogP contribution is 2.28. The quantitative estimate of drug-likeness (QED) is 0.887. The zero-order chi connectivity index (χ0) is 17.2. The van der Waals surface area contributed by atoms with Crippen molar-refractivity contribution in [3.8, 4) is 5.75 Å². The number of rotatable bonds is 4. The van der Waals surface area contributed by atoms with E-state index in [1.807, 2.05) is 29.2 Å². The van der Waals surface area contributed by atoms with Crippen LogP contribution in [-0.2, 0) is 4.74 Å².